The molecule has 4 heteroatoms. The standard InChI is InChI=1S/C17H27N3O/c1-5-7-20-14(3)12-16(15(20)4)17(21)13-19-10-8-18(6-2)9-11-19/h5,12H,1,6-11,13H2,2-4H3. The second kappa shape index (κ2) is 7.05. The zero-order valence-electron chi connectivity index (χ0n) is 13.6. The van der Waals surface area contributed by atoms with Gasteiger partial charge in [-0.3, -0.25) is 9.69 Å². The van der Waals surface area contributed by atoms with E-state index >= 15 is 0 Å². The molecule has 0 spiro atoms. The van der Waals surface area contributed by atoms with Gasteiger partial charge in [-0.25, -0.2) is 0 Å². The largest absolute Gasteiger partial charge is 0.345 e. The summed E-state index contributed by atoms with van der Waals surface area (Å²) < 4.78 is 2.15. The van der Waals surface area contributed by atoms with Crippen molar-refractivity contribution in [1.29, 1.82) is 0 Å². The van der Waals surface area contributed by atoms with Crippen molar-refractivity contribution in [2.24, 2.45) is 0 Å². The van der Waals surface area contributed by atoms with E-state index in [1.165, 1.54) is 0 Å². The summed E-state index contributed by atoms with van der Waals surface area (Å²) in [5.74, 6) is 0.239. The lowest BCUT2D eigenvalue weighted by Crippen LogP contribution is -2.47. The van der Waals surface area contributed by atoms with E-state index in [1.807, 2.05) is 26.0 Å². The maximum Gasteiger partial charge on any atom is 0.178 e. The molecule has 0 saturated carbocycles. The first-order valence-corrected chi connectivity index (χ1v) is 7.82. The van der Waals surface area contributed by atoms with Crippen molar-refractivity contribution in [3.05, 3.63) is 35.7 Å². The Morgan fingerprint density at radius 3 is 2.43 bits per heavy atom. The van der Waals surface area contributed by atoms with Crippen LogP contribution in [0.1, 0.15) is 28.7 Å². The molecule has 4 nitrogen and oxygen atoms in total. The van der Waals surface area contributed by atoms with Crippen LogP contribution in [0.4, 0.5) is 0 Å². The van der Waals surface area contributed by atoms with Crippen LogP contribution in [0.3, 0.4) is 0 Å². The molecule has 0 radical (unpaired) electrons. The summed E-state index contributed by atoms with van der Waals surface area (Å²) in [5, 5.41) is 0. The lowest BCUT2D eigenvalue weighted by Gasteiger charge is -2.33. The van der Waals surface area contributed by atoms with Gasteiger partial charge in [-0.15, -0.1) is 6.58 Å². The van der Waals surface area contributed by atoms with E-state index in [2.05, 4.69) is 27.9 Å². The lowest BCUT2D eigenvalue weighted by molar-refractivity contribution is 0.0858. The minimum Gasteiger partial charge on any atom is -0.345 e. The molecule has 1 aliphatic rings. The second-order valence-corrected chi connectivity index (χ2v) is 5.82. The third-order valence-corrected chi connectivity index (χ3v) is 4.47. The lowest BCUT2D eigenvalue weighted by atomic mass is 10.1. The molecule has 0 amide bonds. The van der Waals surface area contributed by atoms with Crippen LogP contribution in [0.15, 0.2) is 18.7 Å². The van der Waals surface area contributed by atoms with Crippen LogP contribution in [0.5, 0.6) is 0 Å². The number of aryl methyl sites for hydroxylation is 1. The Morgan fingerprint density at radius 1 is 1.24 bits per heavy atom. The van der Waals surface area contributed by atoms with Crippen molar-refractivity contribution in [2.45, 2.75) is 27.3 Å². The Kier molecular flexibility index (Phi) is 5.37. The first-order valence-electron chi connectivity index (χ1n) is 7.82. The van der Waals surface area contributed by atoms with E-state index < -0.39 is 0 Å². The van der Waals surface area contributed by atoms with Crippen LogP contribution in [-0.2, 0) is 6.54 Å². The third kappa shape index (κ3) is 3.63. The molecular weight excluding hydrogens is 262 g/mol. The quantitative estimate of drug-likeness (QED) is 0.593. The highest BCUT2D eigenvalue weighted by atomic mass is 16.1. The summed E-state index contributed by atoms with van der Waals surface area (Å²) in [5.41, 5.74) is 3.06. The molecule has 1 saturated heterocycles. The average molecular weight is 289 g/mol. The number of likely N-dealkylation sites (N-methyl/N-ethyl adjacent to an activating group) is 1. The predicted octanol–water partition coefficient (Wildman–Crippen LogP) is 2.11. The highest BCUT2D eigenvalue weighted by Crippen LogP contribution is 2.16. The van der Waals surface area contributed by atoms with Crippen LogP contribution in [0.2, 0.25) is 0 Å². The minimum absolute atomic E-state index is 0.239. The van der Waals surface area contributed by atoms with E-state index in [9.17, 15) is 4.79 Å². The first kappa shape index (κ1) is 16.0. The van der Waals surface area contributed by atoms with Crippen LogP contribution < -0.4 is 0 Å². The molecule has 2 heterocycles. The molecule has 0 unspecified atom stereocenters. The van der Waals surface area contributed by atoms with Gasteiger partial charge in [0.15, 0.2) is 5.78 Å². The van der Waals surface area contributed by atoms with Crippen molar-refractivity contribution in [3.63, 3.8) is 0 Å². The van der Waals surface area contributed by atoms with E-state index in [1.54, 1.807) is 0 Å². The number of hydrogen-bond donors (Lipinski definition) is 0. The van der Waals surface area contributed by atoms with Crippen LogP contribution in [-0.4, -0.2) is 59.4 Å². The molecule has 2 rings (SSSR count). The van der Waals surface area contributed by atoms with Gasteiger partial charge in [-0.1, -0.05) is 13.0 Å². The number of piperazine rings is 1. The fourth-order valence-electron chi connectivity index (χ4n) is 3.05. The average Bonchev–Trinajstić information content (AvgIpc) is 2.76. The van der Waals surface area contributed by atoms with Gasteiger partial charge in [0, 0.05) is 49.7 Å². The minimum atomic E-state index is 0.239. The van der Waals surface area contributed by atoms with E-state index in [0.717, 1.165) is 56.2 Å². The maximum absolute atomic E-state index is 12.6. The Labute approximate surface area is 128 Å². The molecular formula is C17H27N3O. The Hall–Kier alpha value is -1.39. The van der Waals surface area contributed by atoms with Gasteiger partial charge in [0.25, 0.3) is 0 Å². The monoisotopic (exact) mass is 289 g/mol. The normalized spacial score (nSPS) is 17.1. The summed E-state index contributed by atoms with van der Waals surface area (Å²) in [6.07, 6.45) is 1.87. The molecule has 0 aromatic carbocycles. The van der Waals surface area contributed by atoms with E-state index in [4.69, 9.17) is 0 Å². The van der Waals surface area contributed by atoms with Gasteiger partial charge in [0.05, 0.1) is 6.54 Å². The Morgan fingerprint density at radius 2 is 1.86 bits per heavy atom. The highest BCUT2D eigenvalue weighted by Gasteiger charge is 2.21. The van der Waals surface area contributed by atoms with Crippen molar-refractivity contribution in [1.82, 2.24) is 14.4 Å². The predicted molar refractivity (Wildman–Crippen MR) is 87.0 cm³/mol. The Bertz CT molecular complexity index is 510. The molecule has 0 atom stereocenters. The number of carbonyl (C=O) groups excluding carboxylic acids is 1. The molecule has 0 bridgehead atoms. The number of hydrogen-bond acceptors (Lipinski definition) is 3. The maximum atomic E-state index is 12.6. The molecule has 0 N–H and O–H groups in total. The van der Waals surface area contributed by atoms with Crippen LogP contribution in [0, 0.1) is 13.8 Å². The number of rotatable bonds is 6. The zero-order valence-corrected chi connectivity index (χ0v) is 13.6. The van der Waals surface area contributed by atoms with Crippen molar-refractivity contribution >= 4 is 5.78 Å². The van der Waals surface area contributed by atoms with Crippen LogP contribution >= 0.6 is 0 Å². The third-order valence-electron chi connectivity index (χ3n) is 4.47. The van der Waals surface area contributed by atoms with Gasteiger partial charge in [-0.05, 0) is 26.5 Å². The van der Waals surface area contributed by atoms with E-state index in [0.29, 0.717) is 6.54 Å². The Balaban J connectivity index is 2.01. The van der Waals surface area contributed by atoms with Crippen molar-refractivity contribution in [2.75, 3.05) is 39.3 Å². The van der Waals surface area contributed by atoms with Gasteiger partial charge in [0.2, 0.25) is 0 Å². The topological polar surface area (TPSA) is 28.5 Å². The molecule has 1 aromatic rings. The second-order valence-electron chi connectivity index (χ2n) is 5.82. The number of carbonyl (C=O) groups is 1. The summed E-state index contributed by atoms with van der Waals surface area (Å²) in [6, 6.07) is 2.02. The van der Waals surface area contributed by atoms with Gasteiger partial charge in [0.1, 0.15) is 0 Å². The molecule has 1 fully saturated rings. The van der Waals surface area contributed by atoms with Gasteiger partial charge >= 0.3 is 0 Å². The fraction of sp³-hybridized carbons (Fsp3) is 0.588. The zero-order chi connectivity index (χ0) is 15.4. The summed E-state index contributed by atoms with van der Waals surface area (Å²) in [7, 11) is 0. The summed E-state index contributed by atoms with van der Waals surface area (Å²) in [4.78, 5) is 17.3. The number of allylic oxidation sites excluding steroid dienone is 1. The first-order chi connectivity index (χ1) is 10.1. The summed E-state index contributed by atoms with van der Waals surface area (Å²) >= 11 is 0. The summed E-state index contributed by atoms with van der Waals surface area (Å²) in [6.45, 7) is 16.6. The fourth-order valence-corrected chi connectivity index (χ4v) is 3.05. The number of ketones is 1. The van der Waals surface area contributed by atoms with E-state index in [-0.39, 0.29) is 5.78 Å². The van der Waals surface area contributed by atoms with Gasteiger partial charge < -0.3 is 9.47 Å². The molecule has 1 aliphatic heterocycles. The molecule has 116 valence electrons. The number of aromatic nitrogens is 1. The molecule has 21 heavy (non-hydrogen) atoms. The molecule has 0 aliphatic carbocycles. The van der Waals surface area contributed by atoms with Crippen molar-refractivity contribution < 1.29 is 4.79 Å². The van der Waals surface area contributed by atoms with Gasteiger partial charge in [-0.2, -0.15) is 0 Å². The smallest absolute Gasteiger partial charge is 0.178 e. The highest BCUT2D eigenvalue weighted by molar-refractivity contribution is 5.99. The SMILES string of the molecule is C=CCn1c(C)cc(C(=O)CN2CCN(CC)CC2)c1C. The van der Waals surface area contributed by atoms with Crippen molar-refractivity contribution in [3.8, 4) is 0 Å². The number of nitrogens with zero attached hydrogens (tertiary/aromatic N) is 3. The molecule has 1 aromatic heterocycles. The number of Topliss-reactive ketones (excluding diaryl/α,β-unsaturated/α-hetero) is 1. The van der Waals surface area contributed by atoms with Crippen LogP contribution in [0.25, 0.3) is 0 Å².